The van der Waals surface area contributed by atoms with E-state index < -0.39 is 0 Å². The van der Waals surface area contributed by atoms with E-state index >= 15 is 0 Å². The number of H-pyrrole nitrogens is 1. The lowest BCUT2D eigenvalue weighted by atomic mass is 10.0. The first-order valence-corrected chi connectivity index (χ1v) is 9.39. The van der Waals surface area contributed by atoms with Crippen molar-refractivity contribution in [1.82, 2.24) is 4.98 Å². The average Bonchev–Trinajstić information content (AvgIpc) is 3.05. The topological polar surface area (TPSA) is 72.3 Å². The first-order chi connectivity index (χ1) is 13.9. The van der Waals surface area contributed by atoms with Crippen LogP contribution in [0.5, 0.6) is 5.75 Å². The number of nitrogens with one attached hydrogen (secondary N) is 1. The Hall–Kier alpha value is -3.60. The van der Waals surface area contributed by atoms with Crippen LogP contribution >= 0.6 is 0 Å². The van der Waals surface area contributed by atoms with E-state index in [4.69, 9.17) is 9.15 Å². The molecule has 0 fully saturated rings. The molecular weight excluding hydrogens is 366 g/mol. The highest BCUT2D eigenvalue weighted by Crippen LogP contribution is 2.26. The van der Waals surface area contributed by atoms with Crippen molar-refractivity contribution in [3.05, 3.63) is 87.5 Å². The van der Waals surface area contributed by atoms with Gasteiger partial charge in [-0.25, -0.2) is 0 Å². The Labute approximate surface area is 168 Å². The van der Waals surface area contributed by atoms with Gasteiger partial charge in [-0.2, -0.15) is 0 Å². The van der Waals surface area contributed by atoms with Gasteiger partial charge < -0.3 is 14.1 Å². The van der Waals surface area contributed by atoms with Crippen LogP contribution in [0, 0.1) is 20.8 Å². The fourth-order valence-corrected chi connectivity index (χ4v) is 3.55. The van der Waals surface area contributed by atoms with Gasteiger partial charge in [0, 0.05) is 23.0 Å². The maximum Gasteiger partial charge on any atom is 0.201 e. The van der Waals surface area contributed by atoms with Gasteiger partial charge in [0.2, 0.25) is 11.2 Å². The van der Waals surface area contributed by atoms with Crippen LogP contribution in [0.25, 0.3) is 22.1 Å². The van der Waals surface area contributed by atoms with E-state index in [1.165, 1.54) is 0 Å². The van der Waals surface area contributed by atoms with Gasteiger partial charge in [0.1, 0.15) is 17.1 Å². The molecule has 0 spiro atoms. The quantitative estimate of drug-likeness (QED) is 0.491. The molecule has 5 heteroatoms. The largest absolute Gasteiger partial charge is 0.485 e. The number of ether oxygens (including phenoxy) is 1. The number of aromatic amines is 1. The number of Topliss-reactive ketones (excluding diaryl/α,β-unsaturated/α-hetero) is 1. The van der Waals surface area contributed by atoms with E-state index in [1.54, 1.807) is 25.1 Å². The zero-order valence-corrected chi connectivity index (χ0v) is 16.5. The highest BCUT2D eigenvalue weighted by molar-refractivity contribution is 5.98. The van der Waals surface area contributed by atoms with Crippen LogP contribution in [0.4, 0.5) is 0 Å². The SMILES string of the molecule is Cc1cc(C(=O)COc2ccc3c(=O)c(-c4ccccc4)c(C)oc3c2)c(C)[nH]1. The Bertz CT molecular complexity index is 1270. The highest BCUT2D eigenvalue weighted by Gasteiger charge is 2.15. The van der Waals surface area contributed by atoms with E-state index in [0.29, 0.717) is 33.6 Å². The van der Waals surface area contributed by atoms with Crippen molar-refractivity contribution in [2.45, 2.75) is 20.8 Å². The van der Waals surface area contributed by atoms with Gasteiger partial charge in [-0.05, 0) is 44.5 Å². The standard InChI is InChI=1S/C24H21NO4/c1-14-11-20(15(2)25-14)21(26)13-28-18-9-10-19-22(12-18)29-16(3)23(24(19)27)17-7-5-4-6-8-17/h4-12,25H,13H2,1-3H3. The lowest BCUT2D eigenvalue weighted by Crippen LogP contribution is -2.12. The predicted octanol–water partition coefficient (Wildman–Crippen LogP) is 4.98. The minimum atomic E-state index is -0.107. The Kier molecular flexibility index (Phi) is 4.80. The second-order valence-electron chi connectivity index (χ2n) is 7.09. The molecule has 0 atom stereocenters. The number of carbonyl (C=O) groups excluding carboxylic acids is 1. The highest BCUT2D eigenvalue weighted by atomic mass is 16.5. The summed E-state index contributed by atoms with van der Waals surface area (Å²) in [6, 6.07) is 16.3. The van der Waals surface area contributed by atoms with E-state index in [1.807, 2.05) is 50.2 Å². The van der Waals surface area contributed by atoms with Gasteiger partial charge >= 0.3 is 0 Å². The van der Waals surface area contributed by atoms with Crippen molar-refractivity contribution in [3.8, 4) is 16.9 Å². The predicted molar refractivity (Wildman–Crippen MR) is 113 cm³/mol. The first-order valence-electron chi connectivity index (χ1n) is 9.39. The van der Waals surface area contributed by atoms with E-state index in [0.717, 1.165) is 17.0 Å². The Balaban J connectivity index is 1.62. The van der Waals surface area contributed by atoms with Crippen LogP contribution in [0.15, 0.2) is 63.8 Å². The molecule has 0 bridgehead atoms. The van der Waals surface area contributed by atoms with Crippen molar-refractivity contribution in [2.24, 2.45) is 0 Å². The minimum absolute atomic E-state index is 0.0870. The summed E-state index contributed by atoms with van der Waals surface area (Å²) >= 11 is 0. The van der Waals surface area contributed by atoms with Crippen LogP contribution in [0.1, 0.15) is 27.5 Å². The van der Waals surface area contributed by atoms with Crippen molar-refractivity contribution in [1.29, 1.82) is 0 Å². The third-order valence-corrected chi connectivity index (χ3v) is 4.92. The fourth-order valence-electron chi connectivity index (χ4n) is 3.55. The molecular formula is C24H21NO4. The van der Waals surface area contributed by atoms with Crippen LogP contribution in [-0.2, 0) is 0 Å². The maximum atomic E-state index is 13.0. The van der Waals surface area contributed by atoms with Crippen molar-refractivity contribution < 1.29 is 13.9 Å². The van der Waals surface area contributed by atoms with Gasteiger partial charge in [0.15, 0.2) is 6.61 Å². The third-order valence-electron chi connectivity index (χ3n) is 4.92. The summed E-state index contributed by atoms with van der Waals surface area (Å²) in [6.07, 6.45) is 0. The van der Waals surface area contributed by atoms with Gasteiger partial charge in [0.25, 0.3) is 0 Å². The summed E-state index contributed by atoms with van der Waals surface area (Å²) in [7, 11) is 0. The Morgan fingerprint density at radius 1 is 1.03 bits per heavy atom. The first kappa shape index (κ1) is 18.7. The Morgan fingerprint density at radius 2 is 1.79 bits per heavy atom. The molecule has 4 rings (SSSR count). The molecule has 2 aromatic carbocycles. The van der Waals surface area contributed by atoms with E-state index in [-0.39, 0.29) is 17.8 Å². The fraction of sp³-hybridized carbons (Fsp3) is 0.167. The molecule has 0 radical (unpaired) electrons. The third kappa shape index (κ3) is 3.59. The van der Waals surface area contributed by atoms with Crippen LogP contribution in [-0.4, -0.2) is 17.4 Å². The molecule has 0 aliphatic carbocycles. The second-order valence-corrected chi connectivity index (χ2v) is 7.09. The molecule has 4 aromatic rings. The number of fused-ring (bicyclic) bond motifs is 1. The molecule has 0 aliphatic rings. The summed E-state index contributed by atoms with van der Waals surface area (Å²) in [5, 5.41) is 0.477. The average molecular weight is 387 g/mol. The number of ketones is 1. The second kappa shape index (κ2) is 7.43. The lowest BCUT2D eigenvalue weighted by molar-refractivity contribution is 0.0921. The van der Waals surface area contributed by atoms with Crippen LogP contribution in [0.3, 0.4) is 0 Å². The molecule has 0 saturated heterocycles. The van der Waals surface area contributed by atoms with Crippen LogP contribution < -0.4 is 10.2 Å². The molecule has 2 aromatic heterocycles. The number of hydrogen-bond donors (Lipinski definition) is 1. The molecule has 146 valence electrons. The summed E-state index contributed by atoms with van der Waals surface area (Å²) in [5.41, 5.74) is 4.11. The molecule has 0 saturated carbocycles. The molecule has 5 nitrogen and oxygen atoms in total. The monoisotopic (exact) mass is 387 g/mol. The van der Waals surface area contributed by atoms with Gasteiger partial charge in [0.05, 0.1) is 10.9 Å². The maximum absolute atomic E-state index is 13.0. The number of carbonyl (C=O) groups is 1. The number of aryl methyl sites for hydroxylation is 3. The van der Waals surface area contributed by atoms with Crippen molar-refractivity contribution in [2.75, 3.05) is 6.61 Å². The van der Waals surface area contributed by atoms with Crippen molar-refractivity contribution >= 4 is 16.8 Å². The van der Waals surface area contributed by atoms with Gasteiger partial charge in [-0.15, -0.1) is 0 Å². The smallest absolute Gasteiger partial charge is 0.201 e. The van der Waals surface area contributed by atoms with E-state index in [2.05, 4.69) is 4.98 Å². The molecule has 0 aliphatic heterocycles. The minimum Gasteiger partial charge on any atom is -0.485 e. The zero-order chi connectivity index (χ0) is 20.5. The molecule has 29 heavy (non-hydrogen) atoms. The summed E-state index contributed by atoms with van der Waals surface area (Å²) in [6.45, 7) is 5.45. The molecule has 1 N–H and O–H groups in total. The summed E-state index contributed by atoms with van der Waals surface area (Å²) in [4.78, 5) is 28.5. The summed E-state index contributed by atoms with van der Waals surface area (Å²) in [5.74, 6) is 0.912. The van der Waals surface area contributed by atoms with Gasteiger partial charge in [-0.3, -0.25) is 9.59 Å². The van der Waals surface area contributed by atoms with Crippen LogP contribution in [0.2, 0.25) is 0 Å². The van der Waals surface area contributed by atoms with Crippen molar-refractivity contribution in [3.63, 3.8) is 0 Å². The number of rotatable bonds is 5. The number of aromatic nitrogens is 1. The molecule has 0 unspecified atom stereocenters. The van der Waals surface area contributed by atoms with Gasteiger partial charge in [-0.1, -0.05) is 30.3 Å². The summed E-state index contributed by atoms with van der Waals surface area (Å²) < 4.78 is 11.6. The number of hydrogen-bond acceptors (Lipinski definition) is 4. The molecule has 0 amide bonds. The zero-order valence-electron chi connectivity index (χ0n) is 16.5. The number of benzene rings is 2. The molecule has 2 heterocycles. The van der Waals surface area contributed by atoms with E-state index in [9.17, 15) is 9.59 Å². The Morgan fingerprint density at radius 3 is 2.48 bits per heavy atom. The normalized spacial score (nSPS) is 11.0. The lowest BCUT2D eigenvalue weighted by Gasteiger charge is -2.09.